The Bertz CT molecular complexity index is 645. The summed E-state index contributed by atoms with van der Waals surface area (Å²) in [6, 6.07) is 3.36. The minimum Gasteiger partial charge on any atom is -0.366 e. The highest BCUT2D eigenvalue weighted by molar-refractivity contribution is 7.80. The molecule has 0 bridgehead atoms. The number of hydrogen-bond acceptors (Lipinski definition) is 6. The Morgan fingerprint density at radius 2 is 2.24 bits per heavy atom. The lowest BCUT2D eigenvalue weighted by molar-refractivity contribution is -0.126. The van der Waals surface area contributed by atoms with Gasteiger partial charge in [-0.25, -0.2) is 0 Å². The van der Waals surface area contributed by atoms with Crippen LogP contribution in [0.15, 0.2) is 24.5 Å². The zero-order valence-electron chi connectivity index (χ0n) is 11.2. The Hall–Kier alpha value is -2.42. The lowest BCUT2D eigenvalue weighted by atomic mass is 9.97. The Morgan fingerprint density at radius 1 is 1.48 bits per heavy atom. The largest absolute Gasteiger partial charge is 0.366 e. The van der Waals surface area contributed by atoms with E-state index in [9.17, 15) is 4.79 Å². The van der Waals surface area contributed by atoms with Crippen molar-refractivity contribution in [3.8, 4) is 0 Å². The fraction of sp³-hybridized carbons (Fsp3) is 0.333. The highest BCUT2D eigenvalue weighted by Crippen LogP contribution is 2.24. The number of carbonyl (C=O) groups is 1. The van der Waals surface area contributed by atoms with Crippen LogP contribution >= 0.6 is 12.2 Å². The number of thiocarbonyl (C=S) groups is 1. The molecule has 2 N–H and O–H groups in total. The van der Waals surface area contributed by atoms with Gasteiger partial charge in [0, 0.05) is 18.8 Å². The van der Waals surface area contributed by atoms with Crippen LogP contribution in [-0.4, -0.2) is 48.6 Å². The first-order valence-electron chi connectivity index (χ1n) is 6.41. The fourth-order valence-corrected chi connectivity index (χ4v) is 2.55. The molecule has 3 heterocycles. The van der Waals surface area contributed by atoms with Gasteiger partial charge >= 0.3 is 0 Å². The summed E-state index contributed by atoms with van der Waals surface area (Å²) in [5, 5.41) is 16.5. The molecule has 9 heteroatoms. The summed E-state index contributed by atoms with van der Waals surface area (Å²) in [5.41, 5.74) is 1.05. The Labute approximate surface area is 125 Å². The predicted molar refractivity (Wildman–Crippen MR) is 78.6 cm³/mol. The van der Waals surface area contributed by atoms with E-state index in [4.69, 9.17) is 12.2 Å². The maximum atomic E-state index is 12.1. The number of pyridine rings is 1. The molecule has 21 heavy (non-hydrogen) atoms. The van der Waals surface area contributed by atoms with Gasteiger partial charge in [-0.15, -0.1) is 5.10 Å². The van der Waals surface area contributed by atoms with Gasteiger partial charge in [0.25, 0.3) is 11.9 Å². The predicted octanol–water partition coefficient (Wildman–Crippen LogP) is -0.142. The molecule has 8 nitrogen and oxygen atoms in total. The van der Waals surface area contributed by atoms with Crippen molar-refractivity contribution >= 4 is 29.1 Å². The molecular formula is C12H13N7OS. The van der Waals surface area contributed by atoms with Gasteiger partial charge in [-0.1, -0.05) is 17.3 Å². The third-order valence-corrected chi connectivity index (χ3v) is 3.64. The lowest BCUT2D eigenvalue weighted by Gasteiger charge is -2.43. The van der Waals surface area contributed by atoms with E-state index < -0.39 is 0 Å². The number of carbonyl (C=O) groups excluding carboxylic acids is 1. The first-order valence-corrected chi connectivity index (χ1v) is 6.82. The van der Waals surface area contributed by atoms with Crippen molar-refractivity contribution in [2.24, 2.45) is 0 Å². The summed E-state index contributed by atoms with van der Waals surface area (Å²) in [4.78, 5) is 18.2. The molecule has 0 aromatic carbocycles. The SMILES string of the molecule is C[C@@H]1[C@H](NC(=S)Cc2ccncc2)C(=O)N1c1nn[nH]n1. The average Bonchev–Trinajstić information content (AvgIpc) is 3.00. The molecule has 1 aliphatic rings. The highest BCUT2D eigenvalue weighted by atomic mass is 32.1. The number of tetrazole rings is 1. The molecule has 0 spiro atoms. The van der Waals surface area contributed by atoms with Crippen LogP contribution in [0.3, 0.4) is 0 Å². The third kappa shape index (κ3) is 2.59. The number of nitrogens with one attached hydrogen (secondary N) is 2. The second-order valence-electron chi connectivity index (χ2n) is 4.74. The van der Waals surface area contributed by atoms with Gasteiger partial charge in [0.2, 0.25) is 0 Å². The van der Waals surface area contributed by atoms with Gasteiger partial charge in [-0.3, -0.25) is 14.7 Å². The van der Waals surface area contributed by atoms with E-state index in [-0.39, 0.29) is 23.9 Å². The number of rotatable bonds is 4. The summed E-state index contributed by atoms with van der Waals surface area (Å²) in [6.07, 6.45) is 4.01. The standard InChI is InChI=1S/C12H13N7OS/c1-7-10(11(20)19(7)12-15-17-18-16-12)14-9(21)6-8-2-4-13-5-3-8/h2-5,7,10H,6H2,1H3,(H,14,21)(H,15,16,17,18)/t7-,10+/m1/s1. The third-order valence-electron chi connectivity index (χ3n) is 3.37. The van der Waals surface area contributed by atoms with Crippen LogP contribution in [0.5, 0.6) is 0 Å². The number of aromatic nitrogens is 5. The van der Waals surface area contributed by atoms with E-state index in [0.29, 0.717) is 11.4 Å². The van der Waals surface area contributed by atoms with E-state index in [1.807, 2.05) is 19.1 Å². The normalized spacial score (nSPS) is 21.0. The Balaban J connectivity index is 1.59. The molecule has 1 amide bonds. The molecular weight excluding hydrogens is 290 g/mol. The number of aromatic amines is 1. The van der Waals surface area contributed by atoms with E-state index in [0.717, 1.165) is 5.56 Å². The molecule has 0 radical (unpaired) electrons. The fourth-order valence-electron chi connectivity index (χ4n) is 2.26. The molecule has 1 saturated heterocycles. The molecule has 2 aromatic heterocycles. The Kier molecular flexibility index (Phi) is 3.57. The van der Waals surface area contributed by atoms with Crippen molar-refractivity contribution in [2.45, 2.75) is 25.4 Å². The number of β-lactam (4-membered cyclic amide) rings is 1. The average molecular weight is 303 g/mol. The smallest absolute Gasteiger partial charge is 0.272 e. The molecule has 108 valence electrons. The summed E-state index contributed by atoms with van der Waals surface area (Å²) in [5.74, 6) is 0.173. The van der Waals surface area contributed by atoms with E-state index in [1.165, 1.54) is 4.90 Å². The highest BCUT2D eigenvalue weighted by Gasteiger charge is 2.47. The van der Waals surface area contributed by atoms with Crippen molar-refractivity contribution < 1.29 is 4.79 Å². The first kappa shape index (κ1) is 13.6. The maximum Gasteiger partial charge on any atom is 0.272 e. The van der Waals surface area contributed by atoms with Gasteiger partial charge in [0.1, 0.15) is 6.04 Å². The van der Waals surface area contributed by atoms with Crippen molar-refractivity contribution in [1.29, 1.82) is 0 Å². The zero-order valence-corrected chi connectivity index (χ0v) is 12.0. The van der Waals surface area contributed by atoms with Crippen LogP contribution in [0, 0.1) is 0 Å². The Morgan fingerprint density at radius 3 is 2.86 bits per heavy atom. The van der Waals surface area contributed by atoms with Crippen LogP contribution in [0.1, 0.15) is 12.5 Å². The molecule has 0 unspecified atom stereocenters. The van der Waals surface area contributed by atoms with Crippen LogP contribution in [0.2, 0.25) is 0 Å². The maximum absolute atomic E-state index is 12.1. The van der Waals surface area contributed by atoms with Crippen molar-refractivity contribution in [3.63, 3.8) is 0 Å². The van der Waals surface area contributed by atoms with Gasteiger partial charge in [-0.2, -0.15) is 5.21 Å². The van der Waals surface area contributed by atoms with Gasteiger partial charge in [0.15, 0.2) is 0 Å². The van der Waals surface area contributed by atoms with Gasteiger partial charge in [-0.05, 0) is 29.8 Å². The van der Waals surface area contributed by atoms with Crippen LogP contribution < -0.4 is 10.2 Å². The van der Waals surface area contributed by atoms with Crippen LogP contribution in [0.25, 0.3) is 0 Å². The number of amides is 1. The van der Waals surface area contributed by atoms with Crippen molar-refractivity contribution in [3.05, 3.63) is 30.1 Å². The van der Waals surface area contributed by atoms with E-state index in [1.54, 1.807) is 12.4 Å². The number of anilines is 1. The van der Waals surface area contributed by atoms with E-state index >= 15 is 0 Å². The first-order chi connectivity index (χ1) is 10.2. The number of hydrogen-bond donors (Lipinski definition) is 2. The second kappa shape index (κ2) is 5.52. The van der Waals surface area contributed by atoms with Gasteiger partial charge in [0.05, 0.1) is 11.0 Å². The molecule has 2 atom stereocenters. The number of H-pyrrole nitrogens is 1. The minimum absolute atomic E-state index is 0.0782. The molecule has 2 aromatic rings. The quantitative estimate of drug-likeness (QED) is 0.599. The van der Waals surface area contributed by atoms with Crippen molar-refractivity contribution in [1.82, 2.24) is 30.9 Å². The number of nitrogens with zero attached hydrogens (tertiary/aromatic N) is 5. The summed E-state index contributed by atoms with van der Waals surface area (Å²) in [7, 11) is 0. The topological polar surface area (TPSA) is 99.7 Å². The molecule has 1 aliphatic heterocycles. The monoisotopic (exact) mass is 303 g/mol. The van der Waals surface area contributed by atoms with Crippen molar-refractivity contribution in [2.75, 3.05) is 4.90 Å². The lowest BCUT2D eigenvalue weighted by Crippen LogP contribution is -2.70. The van der Waals surface area contributed by atoms with E-state index in [2.05, 4.69) is 30.9 Å². The zero-order chi connectivity index (χ0) is 14.8. The summed E-state index contributed by atoms with van der Waals surface area (Å²) < 4.78 is 0. The summed E-state index contributed by atoms with van der Waals surface area (Å²) in [6.45, 7) is 1.91. The van der Waals surface area contributed by atoms with Crippen LogP contribution in [-0.2, 0) is 11.2 Å². The second-order valence-corrected chi connectivity index (χ2v) is 5.23. The molecule has 0 aliphatic carbocycles. The molecule has 3 rings (SSSR count). The molecule has 1 fully saturated rings. The summed E-state index contributed by atoms with van der Waals surface area (Å²) >= 11 is 5.31. The minimum atomic E-state index is -0.349. The van der Waals surface area contributed by atoms with Crippen LogP contribution in [0.4, 0.5) is 5.95 Å². The molecule has 0 saturated carbocycles. The van der Waals surface area contributed by atoms with Gasteiger partial charge < -0.3 is 5.32 Å².